The van der Waals surface area contributed by atoms with Crippen LogP contribution in [0.3, 0.4) is 0 Å². The van der Waals surface area contributed by atoms with Gasteiger partial charge in [-0.15, -0.1) is 0 Å². The van der Waals surface area contributed by atoms with Crippen LogP contribution in [0.15, 0.2) is 48.7 Å². The van der Waals surface area contributed by atoms with E-state index < -0.39 is 0 Å². The molecule has 2 aromatic rings. The normalized spacial score (nSPS) is 13.4. The molecule has 1 atom stereocenters. The summed E-state index contributed by atoms with van der Waals surface area (Å²) < 4.78 is 5.10. The van der Waals surface area contributed by atoms with Gasteiger partial charge in [0.1, 0.15) is 0 Å². The molecular formula is C22H29ClN2O2. The standard InChI is InChI=1S/C22H29ClN2O2/c1-4-27-21(26)9-7-14-22(15-17-25(2)3,20-8-5-6-16-24-20)18-10-12-19(23)13-11-18/h5-6,8,10-13,16H,4,7,9,14-15,17H2,1-3H3. The summed E-state index contributed by atoms with van der Waals surface area (Å²) in [7, 11) is 4.15. The zero-order valence-corrected chi connectivity index (χ0v) is 17.2. The third-order valence-electron chi connectivity index (χ3n) is 4.83. The van der Waals surface area contributed by atoms with Gasteiger partial charge in [0, 0.05) is 23.1 Å². The highest BCUT2D eigenvalue weighted by molar-refractivity contribution is 6.30. The molecule has 1 aromatic heterocycles. The van der Waals surface area contributed by atoms with Gasteiger partial charge < -0.3 is 9.64 Å². The average molecular weight is 389 g/mol. The SMILES string of the molecule is CCOC(=O)CCCC(CCN(C)C)(c1ccc(Cl)cc1)c1ccccn1. The molecule has 0 spiro atoms. The van der Waals surface area contributed by atoms with Gasteiger partial charge in [0.25, 0.3) is 0 Å². The molecule has 0 aliphatic heterocycles. The molecule has 0 saturated carbocycles. The van der Waals surface area contributed by atoms with E-state index in [0.717, 1.165) is 31.5 Å². The number of hydrogen-bond donors (Lipinski definition) is 0. The molecule has 5 heteroatoms. The first-order valence-electron chi connectivity index (χ1n) is 9.46. The minimum Gasteiger partial charge on any atom is -0.466 e. The van der Waals surface area contributed by atoms with Crippen molar-refractivity contribution in [3.05, 3.63) is 64.9 Å². The Morgan fingerprint density at radius 3 is 2.48 bits per heavy atom. The summed E-state index contributed by atoms with van der Waals surface area (Å²) in [6.45, 7) is 3.17. The second-order valence-electron chi connectivity index (χ2n) is 7.02. The highest BCUT2D eigenvalue weighted by Gasteiger charge is 2.35. The molecule has 4 nitrogen and oxygen atoms in total. The van der Waals surface area contributed by atoms with Crippen LogP contribution in [-0.2, 0) is 14.9 Å². The Labute approximate surface area is 167 Å². The summed E-state index contributed by atoms with van der Waals surface area (Å²) in [6, 6.07) is 14.0. The van der Waals surface area contributed by atoms with Gasteiger partial charge in [-0.2, -0.15) is 0 Å². The number of carbonyl (C=O) groups excluding carboxylic acids is 1. The van der Waals surface area contributed by atoms with Crippen molar-refractivity contribution in [2.24, 2.45) is 0 Å². The first-order chi connectivity index (χ1) is 13.0. The number of nitrogens with zero attached hydrogens (tertiary/aromatic N) is 2. The lowest BCUT2D eigenvalue weighted by molar-refractivity contribution is -0.143. The van der Waals surface area contributed by atoms with E-state index in [1.165, 1.54) is 5.56 Å². The van der Waals surface area contributed by atoms with E-state index in [1.54, 1.807) is 0 Å². The highest BCUT2D eigenvalue weighted by atomic mass is 35.5. The van der Waals surface area contributed by atoms with Crippen LogP contribution in [-0.4, -0.2) is 43.1 Å². The fourth-order valence-corrected chi connectivity index (χ4v) is 3.54. The van der Waals surface area contributed by atoms with E-state index in [9.17, 15) is 4.79 Å². The number of rotatable bonds is 10. The van der Waals surface area contributed by atoms with Crippen molar-refractivity contribution in [2.75, 3.05) is 27.2 Å². The number of aromatic nitrogens is 1. The topological polar surface area (TPSA) is 42.4 Å². The van der Waals surface area contributed by atoms with Crippen molar-refractivity contribution in [2.45, 2.75) is 38.0 Å². The lowest BCUT2D eigenvalue weighted by Crippen LogP contribution is -2.33. The zero-order valence-electron chi connectivity index (χ0n) is 16.5. The molecule has 0 N–H and O–H groups in total. The second kappa shape index (κ2) is 10.4. The van der Waals surface area contributed by atoms with Crippen LogP contribution in [0.25, 0.3) is 0 Å². The Hall–Kier alpha value is -1.91. The first kappa shape index (κ1) is 21.4. The Morgan fingerprint density at radius 1 is 1.15 bits per heavy atom. The maximum Gasteiger partial charge on any atom is 0.305 e. The van der Waals surface area contributed by atoms with Gasteiger partial charge in [-0.3, -0.25) is 9.78 Å². The van der Waals surface area contributed by atoms with Gasteiger partial charge in [0.05, 0.1) is 12.3 Å². The predicted molar refractivity (Wildman–Crippen MR) is 110 cm³/mol. The van der Waals surface area contributed by atoms with Crippen molar-refractivity contribution < 1.29 is 9.53 Å². The smallest absolute Gasteiger partial charge is 0.305 e. The van der Waals surface area contributed by atoms with E-state index in [4.69, 9.17) is 21.3 Å². The van der Waals surface area contributed by atoms with Crippen molar-refractivity contribution in [1.82, 2.24) is 9.88 Å². The number of hydrogen-bond acceptors (Lipinski definition) is 4. The summed E-state index contributed by atoms with van der Waals surface area (Å²) in [5.41, 5.74) is 1.93. The molecule has 0 aliphatic rings. The number of benzene rings is 1. The monoisotopic (exact) mass is 388 g/mol. The van der Waals surface area contributed by atoms with E-state index in [2.05, 4.69) is 37.2 Å². The Morgan fingerprint density at radius 2 is 1.89 bits per heavy atom. The molecule has 0 bridgehead atoms. The van der Waals surface area contributed by atoms with Gasteiger partial charge >= 0.3 is 5.97 Å². The van der Waals surface area contributed by atoms with Crippen LogP contribution >= 0.6 is 11.6 Å². The van der Waals surface area contributed by atoms with Gasteiger partial charge in [-0.25, -0.2) is 0 Å². The average Bonchev–Trinajstić information content (AvgIpc) is 2.66. The summed E-state index contributed by atoms with van der Waals surface area (Å²) in [6.07, 6.45) is 4.71. The number of carbonyl (C=O) groups is 1. The third kappa shape index (κ3) is 6.05. The maximum absolute atomic E-state index is 11.8. The molecule has 0 amide bonds. The molecule has 146 valence electrons. The van der Waals surface area contributed by atoms with Gasteiger partial charge in [0.2, 0.25) is 0 Å². The van der Waals surface area contributed by atoms with Crippen molar-refractivity contribution in [1.29, 1.82) is 0 Å². The number of pyridine rings is 1. The lowest BCUT2D eigenvalue weighted by atomic mass is 9.71. The molecule has 1 aromatic carbocycles. The minimum absolute atomic E-state index is 0.142. The zero-order chi connectivity index (χ0) is 19.7. The van der Waals surface area contributed by atoms with Crippen LogP contribution in [0.5, 0.6) is 0 Å². The Balaban J connectivity index is 2.38. The van der Waals surface area contributed by atoms with Crippen LogP contribution in [0.2, 0.25) is 5.02 Å². The summed E-state index contributed by atoms with van der Waals surface area (Å²) in [5.74, 6) is -0.142. The summed E-state index contributed by atoms with van der Waals surface area (Å²) >= 11 is 6.13. The third-order valence-corrected chi connectivity index (χ3v) is 5.08. The van der Waals surface area contributed by atoms with Crippen LogP contribution in [0, 0.1) is 0 Å². The van der Waals surface area contributed by atoms with Crippen LogP contribution in [0.4, 0.5) is 0 Å². The number of esters is 1. The molecular weight excluding hydrogens is 360 g/mol. The summed E-state index contributed by atoms with van der Waals surface area (Å²) in [4.78, 5) is 18.7. The van der Waals surface area contributed by atoms with Crippen molar-refractivity contribution in [3.8, 4) is 0 Å². The van der Waals surface area contributed by atoms with Gasteiger partial charge in [-0.05, 0) is 76.7 Å². The summed E-state index contributed by atoms with van der Waals surface area (Å²) in [5, 5.41) is 0.716. The maximum atomic E-state index is 11.8. The second-order valence-corrected chi connectivity index (χ2v) is 7.45. The number of ether oxygens (including phenoxy) is 1. The quantitative estimate of drug-likeness (QED) is 0.553. The number of halogens is 1. The van der Waals surface area contributed by atoms with E-state index >= 15 is 0 Å². The highest BCUT2D eigenvalue weighted by Crippen LogP contribution is 2.40. The van der Waals surface area contributed by atoms with Gasteiger partial charge in [0.15, 0.2) is 0 Å². The molecule has 2 rings (SSSR count). The van der Waals surface area contributed by atoms with E-state index in [1.807, 2.05) is 37.4 Å². The largest absolute Gasteiger partial charge is 0.466 e. The molecule has 1 unspecified atom stereocenters. The van der Waals surface area contributed by atoms with E-state index in [0.29, 0.717) is 18.1 Å². The molecule has 1 heterocycles. The molecule has 0 fully saturated rings. The lowest BCUT2D eigenvalue weighted by Gasteiger charge is -2.35. The van der Waals surface area contributed by atoms with E-state index in [-0.39, 0.29) is 11.4 Å². The Bertz CT molecular complexity index is 704. The van der Waals surface area contributed by atoms with Crippen LogP contribution in [0.1, 0.15) is 43.9 Å². The molecule has 27 heavy (non-hydrogen) atoms. The fourth-order valence-electron chi connectivity index (χ4n) is 3.41. The molecule has 0 aliphatic carbocycles. The van der Waals surface area contributed by atoms with Gasteiger partial charge in [-0.1, -0.05) is 29.8 Å². The van der Waals surface area contributed by atoms with Crippen molar-refractivity contribution in [3.63, 3.8) is 0 Å². The predicted octanol–water partition coefficient (Wildman–Crippen LogP) is 4.71. The van der Waals surface area contributed by atoms with Crippen LogP contribution < -0.4 is 0 Å². The molecule has 0 radical (unpaired) electrons. The minimum atomic E-state index is -0.275. The fraction of sp³-hybridized carbons (Fsp3) is 0.455. The van der Waals surface area contributed by atoms with Crippen molar-refractivity contribution >= 4 is 17.6 Å². The Kier molecular flexibility index (Phi) is 8.26. The molecule has 0 saturated heterocycles. The first-order valence-corrected chi connectivity index (χ1v) is 9.83.